The smallest absolute Gasteiger partial charge is 0.123 e. The van der Waals surface area contributed by atoms with Crippen molar-refractivity contribution in [3.05, 3.63) is 125 Å². The van der Waals surface area contributed by atoms with Crippen molar-refractivity contribution < 1.29 is 4.74 Å². The fourth-order valence-electron chi connectivity index (χ4n) is 4.62. The lowest BCUT2D eigenvalue weighted by atomic mass is 9.90. The molecule has 0 saturated heterocycles. The van der Waals surface area contributed by atoms with Gasteiger partial charge in [0.05, 0.1) is 5.69 Å². The van der Waals surface area contributed by atoms with Gasteiger partial charge >= 0.3 is 0 Å². The van der Waals surface area contributed by atoms with Gasteiger partial charge in [0.1, 0.15) is 12.4 Å². The molecule has 0 aliphatic carbocycles. The Morgan fingerprint density at radius 2 is 1.50 bits per heavy atom. The molecule has 0 heterocycles. The van der Waals surface area contributed by atoms with Gasteiger partial charge in [0, 0.05) is 22.5 Å². The summed E-state index contributed by atoms with van der Waals surface area (Å²) in [5.74, 6) is 0.994. The standard InChI is InChI=1S/C33H36NOP/c1-5-33(6-2,30-22-25(3)20-21-31(30)35-24-27-15-9-7-10-16-27)36-32-26(4)14-13-17-28(32)23-34-29-18-11-8-12-19-29/h7-23,36H,5-6,24H2,1-4H3/b34-23+. The molecule has 0 bridgehead atoms. The van der Waals surface area contributed by atoms with Gasteiger partial charge in [-0.3, -0.25) is 4.99 Å². The second-order valence-electron chi connectivity index (χ2n) is 9.32. The molecule has 1 atom stereocenters. The molecule has 184 valence electrons. The zero-order chi connectivity index (χ0) is 25.4. The lowest BCUT2D eigenvalue weighted by Gasteiger charge is -2.35. The molecule has 4 aromatic carbocycles. The molecule has 0 aliphatic rings. The SMILES string of the molecule is CCC(CC)(Pc1c(C)cccc1/C=N/c1ccccc1)c1cc(C)ccc1OCc1ccccc1. The van der Waals surface area contributed by atoms with Gasteiger partial charge in [0.15, 0.2) is 0 Å². The molecule has 0 aromatic heterocycles. The molecule has 2 nitrogen and oxygen atoms in total. The highest BCUT2D eigenvalue weighted by Crippen LogP contribution is 2.51. The molecule has 0 amide bonds. The number of aliphatic imine (C=N–C) groups is 1. The van der Waals surface area contributed by atoms with E-state index in [0.717, 1.165) is 24.3 Å². The van der Waals surface area contributed by atoms with E-state index in [4.69, 9.17) is 9.73 Å². The maximum Gasteiger partial charge on any atom is 0.123 e. The monoisotopic (exact) mass is 493 g/mol. The number of hydrogen-bond acceptors (Lipinski definition) is 2. The number of hydrogen-bond donors (Lipinski definition) is 0. The predicted molar refractivity (Wildman–Crippen MR) is 157 cm³/mol. The van der Waals surface area contributed by atoms with Crippen molar-refractivity contribution in [1.82, 2.24) is 0 Å². The summed E-state index contributed by atoms with van der Waals surface area (Å²) in [7, 11) is 0.601. The van der Waals surface area contributed by atoms with E-state index >= 15 is 0 Å². The molecule has 0 radical (unpaired) electrons. The third-order valence-corrected chi connectivity index (χ3v) is 9.26. The van der Waals surface area contributed by atoms with E-state index in [0.29, 0.717) is 15.2 Å². The minimum absolute atomic E-state index is 0.0144. The van der Waals surface area contributed by atoms with Crippen molar-refractivity contribution in [3.63, 3.8) is 0 Å². The second-order valence-corrected chi connectivity index (χ2v) is 11.0. The quantitative estimate of drug-likeness (QED) is 0.160. The van der Waals surface area contributed by atoms with Crippen LogP contribution in [0.1, 0.15) is 54.5 Å². The number of benzene rings is 4. The summed E-state index contributed by atoms with van der Waals surface area (Å²) >= 11 is 0. The van der Waals surface area contributed by atoms with Crippen LogP contribution in [0.4, 0.5) is 5.69 Å². The van der Waals surface area contributed by atoms with Crippen LogP contribution in [0.5, 0.6) is 5.75 Å². The van der Waals surface area contributed by atoms with Crippen molar-refractivity contribution in [2.75, 3.05) is 0 Å². The molecular formula is C33H36NOP. The molecule has 4 rings (SSSR count). The highest BCUT2D eigenvalue weighted by atomic mass is 31.1. The zero-order valence-corrected chi connectivity index (χ0v) is 22.8. The Kier molecular flexibility index (Phi) is 8.73. The Labute approximate surface area is 218 Å². The summed E-state index contributed by atoms with van der Waals surface area (Å²) in [5.41, 5.74) is 7.25. The van der Waals surface area contributed by atoms with Crippen LogP contribution in [0.3, 0.4) is 0 Å². The largest absolute Gasteiger partial charge is 0.489 e. The summed E-state index contributed by atoms with van der Waals surface area (Å²) in [6.45, 7) is 9.60. The average Bonchev–Trinajstić information content (AvgIpc) is 2.92. The van der Waals surface area contributed by atoms with Crippen molar-refractivity contribution in [3.8, 4) is 5.75 Å². The Morgan fingerprint density at radius 3 is 2.19 bits per heavy atom. The Bertz CT molecular complexity index is 1290. The van der Waals surface area contributed by atoms with Crippen LogP contribution in [0, 0.1) is 13.8 Å². The summed E-state index contributed by atoms with van der Waals surface area (Å²) in [6, 6.07) is 33.8. The second kappa shape index (κ2) is 12.2. The van der Waals surface area contributed by atoms with Crippen LogP contribution < -0.4 is 10.0 Å². The molecule has 1 unspecified atom stereocenters. The molecule has 3 heteroatoms. The van der Waals surface area contributed by atoms with Crippen LogP contribution in [0.25, 0.3) is 0 Å². The van der Waals surface area contributed by atoms with Gasteiger partial charge < -0.3 is 4.74 Å². The van der Waals surface area contributed by atoms with Crippen LogP contribution >= 0.6 is 8.58 Å². The molecule has 36 heavy (non-hydrogen) atoms. The molecule has 0 N–H and O–H groups in total. The van der Waals surface area contributed by atoms with Gasteiger partial charge in [-0.25, -0.2) is 0 Å². The lowest BCUT2D eigenvalue weighted by Crippen LogP contribution is -2.25. The molecule has 0 fully saturated rings. The number of rotatable bonds is 10. The van der Waals surface area contributed by atoms with Gasteiger partial charge in [-0.15, -0.1) is 0 Å². The third kappa shape index (κ3) is 6.12. The topological polar surface area (TPSA) is 21.6 Å². The van der Waals surface area contributed by atoms with E-state index in [9.17, 15) is 0 Å². The summed E-state index contributed by atoms with van der Waals surface area (Å²) in [5, 5.41) is 1.37. The third-order valence-electron chi connectivity index (χ3n) is 6.87. The maximum atomic E-state index is 6.47. The lowest BCUT2D eigenvalue weighted by molar-refractivity contribution is 0.298. The average molecular weight is 494 g/mol. The number of nitrogens with zero attached hydrogens (tertiary/aromatic N) is 1. The molecule has 0 aliphatic heterocycles. The highest BCUT2D eigenvalue weighted by molar-refractivity contribution is 7.49. The van der Waals surface area contributed by atoms with Crippen LogP contribution in [0.2, 0.25) is 0 Å². The zero-order valence-electron chi connectivity index (χ0n) is 21.8. The molecule has 0 saturated carbocycles. The van der Waals surface area contributed by atoms with Gasteiger partial charge in [-0.1, -0.05) is 107 Å². The first-order valence-electron chi connectivity index (χ1n) is 12.8. The Balaban J connectivity index is 1.71. The van der Waals surface area contributed by atoms with Gasteiger partial charge in [0.2, 0.25) is 0 Å². The normalized spacial score (nSPS) is 12.0. The predicted octanol–water partition coefficient (Wildman–Crippen LogP) is 8.65. The van der Waals surface area contributed by atoms with Crippen LogP contribution in [0.15, 0.2) is 102 Å². The maximum absolute atomic E-state index is 6.47. The van der Waals surface area contributed by atoms with Crippen LogP contribution in [-0.4, -0.2) is 6.21 Å². The summed E-state index contributed by atoms with van der Waals surface area (Å²) < 4.78 is 6.47. The van der Waals surface area contributed by atoms with E-state index < -0.39 is 0 Å². The van der Waals surface area contributed by atoms with Crippen LogP contribution in [-0.2, 0) is 11.8 Å². The highest BCUT2D eigenvalue weighted by Gasteiger charge is 2.33. The number of ether oxygens (including phenoxy) is 1. The summed E-state index contributed by atoms with van der Waals surface area (Å²) in [4.78, 5) is 4.78. The Morgan fingerprint density at radius 1 is 0.806 bits per heavy atom. The van der Waals surface area contributed by atoms with E-state index in [2.05, 4.69) is 88.4 Å². The van der Waals surface area contributed by atoms with E-state index in [1.54, 1.807) is 0 Å². The van der Waals surface area contributed by atoms with E-state index in [-0.39, 0.29) is 5.16 Å². The minimum Gasteiger partial charge on any atom is -0.489 e. The Hall–Kier alpha value is -3.22. The fourth-order valence-corrected chi connectivity index (χ4v) is 6.36. The van der Waals surface area contributed by atoms with E-state index in [1.165, 1.54) is 33.1 Å². The van der Waals surface area contributed by atoms with Gasteiger partial charge in [-0.05, 0) is 61.3 Å². The van der Waals surface area contributed by atoms with Crippen molar-refractivity contribution >= 4 is 25.8 Å². The first-order valence-corrected chi connectivity index (χ1v) is 13.8. The molecule has 0 spiro atoms. The fraction of sp³-hybridized carbons (Fsp3) is 0.242. The first-order chi connectivity index (χ1) is 17.5. The van der Waals surface area contributed by atoms with E-state index in [1.807, 2.05) is 42.6 Å². The first kappa shape index (κ1) is 25.9. The summed E-state index contributed by atoms with van der Waals surface area (Å²) in [6.07, 6.45) is 4.11. The van der Waals surface area contributed by atoms with Crippen molar-refractivity contribution in [1.29, 1.82) is 0 Å². The van der Waals surface area contributed by atoms with Crippen molar-refractivity contribution in [2.45, 2.75) is 52.3 Å². The number of aryl methyl sites for hydroxylation is 2. The molecule has 4 aromatic rings. The minimum atomic E-state index is -0.0144. The van der Waals surface area contributed by atoms with Gasteiger partial charge in [0.25, 0.3) is 0 Å². The van der Waals surface area contributed by atoms with Crippen molar-refractivity contribution in [2.24, 2.45) is 4.99 Å². The number of para-hydroxylation sites is 1. The molecular weight excluding hydrogens is 457 g/mol. The van der Waals surface area contributed by atoms with Gasteiger partial charge in [-0.2, -0.15) is 0 Å².